The maximum Gasteiger partial charge on any atom is 0.344 e. The molecule has 5 amide bonds. The lowest BCUT2D eigenvalue weighted by Gasteiger charge is -2.29. The van der Waals surface area contributed by atoms with E-state index in [1.807, 2.05) is 12.1 Å². The summed E-state index contributed by atoms with van der Waals surface area (Å²) in [6.45, 7) is 0.251. The average molecular weight is 534 g/mol. The summed E-state index contributed by atoms with van der Waals surface area (Å²) < 4.78 is 5.45. The molecule has 5 rings (SSSR count). The van der Waals surface area contributed by atoms with Crippen LogP contribution in [0.4, 0.5) is 5.69 Å². The molecule has 3 aromatic rings. The average Bonchev–Trinajstić information content (AvgIpc) is 3.57. The van der Waals surface area contributed by atoms with Gasteiger partial charge in [0.05, 0.1) is 11.8 Å². The zero-order chi connectivity index (χ0) is 27.7. The number of benzene rings is 2. The lowest BCUT2D eigenvalue weighted by molar-refractivity contribution is -0.141. The molecule has 2 fully saturated rings. The number of likely N-dealkylation sites (tertiary alicyclic amines) is 1. The highest BCUT2D eigenvalue weighted by atomic mass is 16.4. The molecule has 2 aliphatic rings. The maximum absolute atomic E-state index is 13.4. The first-order valence-corrected chi connectivity index (χ1v) is 12.7. The van der Waals surface area contributed by atoms with Crippen molar-refractivity contribution in [2.45, 2.75) is 50.2 Å². The van der Waals surface area contributed by atoms with Crippen LogP contribution < -0.4 is 27.3 Å². The molecule has 0 bridgehead atoms. The molecular weight excluding hydrogens is 506 g/mol. The molecule has 0 radical (unpaired) electrons. The molecular formula is C27H27N5O7. The Morgan fingerprint density at radius 2 is 1.79 bits per heavy atom. The lowest BCUT2D eigenvalue weighted by atomic mass is 10.1. The Bertz CT molecular complexity index is 1570. The second-order valence-corrected chi connectivity index (χ2v) is 9.72. The number of hydrogen-bond acceptors (Lipinski definition) is 7. The van der Waals surface area contributed by atoms with Gasteiger partial charge in [0, 0.05) is 30.1 Å². The van der Waals surface area contributed by atoms with Crippen LogP contribution in [0.2, 0.25) is 0 Å². The van der Waals surface area contributed by atoms with Gasteiger partial charge in [0.15, 0.2) is 0 Å². The fraction of sp³-hybridized carbons (Fsp3) is 0.333. The summed E-state index contributed by atoms with van der Waals surface area (Å²) in [5.74, 6) is -2.73. The molecule has 39 heavy (non-hydrogen) atoms. The van der Waals surface area contributed by atoms with E-state index in [0.717, 1.165) is 5.39 Å². The number of anilines is 1. The number of primary amides is 1. The number of nitrogens with zero attached hydrogens (tertiary/aromatic N) is 1. The molecule has 3 unspecified atom stereocenters. The van der Waals surface area contributed by atoms with E-state index in [0.29, 0.717) is 34.9 Å². The summed E-state index contributed by atoms with van der Waals surface area (Å²) in [4.78, 5) is 76.1. The lowest BCUT2D eigenvalue weighted by Crippen LogP contribution is -2.56. The third kappa shape index (κ3) is 5.31. The summed E-state index contributed by atoms with van der Waals surface area (Å²) in [6, 6.07) is 9.11. The normalized spacial score (nSPS) is 19.6. The van der Waals surface area contributed by atoms with E-state index in [-0.39, 0.29) is 25.3 Å². The van der Waals surface area contributed by atoms with Gasteiger partial charge in [-0.25, -0.2) is 4.79 Å². The largest absolute Gasteiger partial charge is 0.422 e. The van der Waals surface area contributed by atoms with Gasteiger partial charge < -0.3 is 31.0 Å². The maximum atomic E-state index is 13.4. The highest BCUT2D eigenvalue weighted by Gasteiger charge is 2.39. The Hall–Kier alpha value is -4.74. The minimum atomic E-state index is -1.27. The topological polar surface area (TPSA) is 181 Å². The SMILES string of the molecule is NC(=O)CC(NC(=O)C1CCC(=O)N1)C(=O)N1CCCC1C(=O)Nc1ccc2c(c1)oc(=O)c1ccccc12. The van der Waals surface area contributed by atoms with Gasteiger partial charge in [0.2, 0.25) is 29.5 Å². The van der Waals surface area contributed by atoms with Crippen LogP contribution in [0.1, 0.15) is 32.1 Å². The molecule has 0 aliphatic carbocycles. The minimum Gasteiger partial charge on any atom is -0.422 e. The van der Waals surface area contributed by atoms with Gasteiger partial charge in [-0.15, -0.1) is 0 Å². The molecule has 202 valence electrons. The van der Waals surface area contributed by atoms with Crippen LogP contribution in [-0.2, 0) is 24.0 Å². The monoisotopic (exact) mass is 533 g/mol. The number of hydrogen-bond donors (Lipinski definition) is 4. The Morgan fingerprint density at radius 1 is 1.03 bits per heavy atom. The zero-order valence-electron chi connectivity index (χ0n) is 20.9. The van der Waals surface area contributed by atoms with E-state index in [9.17, 15) is 28.8 Å². The minimum absolute atomic E-state index is 0.190. The van der Waals surface area contributed by atoms with Crippen molar-refractivity contribution in [1.29, 1.82) is 0 Å². The van der Waals surface area contributed by atoms with Crippen molar-refractivity contribution >= 4 is 57.0 Å². The van der Waals surface area contributed by atoms with Crippen LogP contribution in [0.3, 0.4) is 0 Å². The Kier molecular flexibility index (Phi) is 7.01. The number of rotatable bonds is 7. The quantitative estimate of drug-likeness (QED) is 0.252. The third-order valence-corrected chi connectivity index (χ3v) is 7.06. The van der Waals surface area contributed by atoms with Crippen molar-refractivity contribution in [3.63, 3.8) is 0 Å². The van der Waals surface area contributed by atoms with E-state index in [2.05, 4.69) is 16.0 Å². The van der Waals surface area contributed by atoms with Gasteiger partial charge in [0.25, 0.3) is 0 Å². The van der Waals surface area contributed by atoms with Crippen molar-refractivity contribution in [2.75, 3.05) is 11.9 Å². The van der Waals surface area contributed by atoms with Crippen molar-refractivity contribution in [1.82, 2.24) is 15.5 Å². The van der Waals surface area contributed by atoms with Crippen LogP contribution >= 0.6 is 0 Å². The van der Waals surface area contributed by atoms with Crippen molar-refractivity contribution in [2.24, 2.45) is 5.73 Å². The van der Waals surface area contributed by atoms with Gasteiger partial charge in [-0.2, -0.15) is 0 Å². The van der Waals surface area contributed by atoms with Crippen molar-refractivity contribution in [3.8, 4) is 0 Å². The van der Waals surface area contributed by atoms with Crippen LogP contribution in [-0.4, -0.2) is 59.1 Å². The number of nitrogens with two attached hydrogens (primary N) is 1. The van der Waals surface area contributed by atoms with Gasteiger partial charge in [-0.3, -0.25) is 24.0 Å². The molecule has 2 aromatic carbocycles. The predicted octanol–water partition coefficient (Wildman–Crippen LogP) is 0.515. The fourth-order valence-corrected chi connectivity index (χ4v) is 5.17. The fourth-order valence-electron chi connectivity index (χ4n) is 5.17. The number of carbonyl (C=O) groups excluding carboxylic acids is 5. The van der Waals surface area contributed by atoms with Crippen LogP contribution in [0.15, 0.2) is 51.7 Å². The third-order valence-electron chi connectivity index (χ3n) is 7.06. The molecule has 0 saturated carbocycles. The van der Waals surface area contributed by atoms with Crippen LogP contribution in [0, 0.1) is 0 Å². The van der Waals surface area contributed by atoms with Crippen molar-refractivity contribution in [3.05, 3.63) is 52.9 Å². The molecule has 5 N–H and O–H groups in total. The predicted molar refractivity (Wildman–Crippen MR) is 140 cm³/mol. The zero-order valence-corrected chi connectivity index (χ0v) is 20.9. The molecule has 3 heterocycles. The second kappa shape index (κ2) is 10.6. The smallest absolute Gasteiger partial charge is 0.344 e. The number of amides is 5. The number of nitrogens with one attached hydrogen (secondary N) is 3. The molecule has 0 spiro atoms. The van der Waals surface area contributed by atoms with E-state index in [4.69, 9.17) is 10.2 Å². The van der Waals surface area contributed by atoms with Gasteiger partial charge in [0.1, 0.15) is 23.7 Å². The molecule has 1 aromatic heterocycles. The first-order valence-electron chi connectivity index (χ1n) is 12.7. The van der Waals surface area contributed by atoms with E-state index in [1.165, 1.54) is 4.90 Å². The first-order chi connectivity index (χ1) is 18.7. The van der Waals surface area contributed by atoms with Gasteiger partial charge in [-0.1, -0.05) is 18.2 Å². The summed E-state index contributed by atoms with van der Waals surface area (Å²) in [6.07, 6.45) is 0.931. The second-order valence-electron chi connectivity index (χ2n) is 9.72. The van der Waals surface area contributed by atoms with Gasteiger partial charge >= 0.3 is 5.63 Å². The van der Waals surface area contributed by atoms with Crippen LogP contribution in [0.5, 0.6) is 0 Å². The number of carbonyl (C=O) groups is 5. The summed E-state index contributed by atoms with van der Waals surface area (Å²) in [7, 11) is 0. The summed E-state index contributed by atoms with van der Waals surface area (Å²) >= 11 is 0. The summed E-state index contributed by atoms with van der Waals surface area (Å²) in [5, 5.41) is 9.71. The molecule has 12 nitrogen and oxygen atoms in total. The van der Waals surface area contributed by atoms with Gasteiger partial charge in [-0.05, 0) is 42.8 Å². The number of fused-ring (bicyclic) bond motifs is 3. The highest BCUT2D eigenvalue weighted by Crippen LogP contribution is 2.26. The Balaban J connectivity index is 1.32. The standard InChI is InChI=1S/C27H27N5O7/c28-22(33)13-19(31-24(35)18-9-10-23(34)30-18)26(37)32-11-3-6-20(32)25(36)29-14-7-8-16-15-4-1-2-5-17(15)27(38)39-21(16)12-14/h1-2,4-5,7-8,12,18-20H,3,6,9-11,13H2,(H2,28,33)(H,29,36)(H,30,34)(H,31,35). The van der Waals surface area contributed by atoms with Crippen LogP contribution in [0.25, 0.3) is 21.7 Å². The molecule has 2 saturated heterocycles. The van der Waals surface area contributed by atoms with E-state index >= 15 is 0 Å². The van der Waals surface area contributed by atoms with E-state index < -0.39 is 53.8 Å². The molecule has 12 heteroatoms. The summed E-state index contributed by atoms with van der Waals surface area (Å²) in [5.41, 5.74) is 5.52. The van der Waals surface area contributed by atoms with E-state index in [1.54, 1.807) is 30.3 Å². The Labute approximate surface area is 221 Å². The molecule has 3 atom stereocenters. The molecule has 2 aliphatic heterocycles. The Morgan fingerprint density at radius 3 is 2.51 bits per heavy atom. The first kappa shape index (κ1) is 25.9. The van der Waals surface area contributed by atoms with Crippen molar-refractivity contribution < 1.29 is 28.4 Å². The highest BCUT2D eigenvalue weighted by molar-refractivity contribution is 6.06.